The largest absolute Gasteiger partial charge is 0.378 e. The third kappa shape index (κ3) is 3.71. The van der Waals surface area contributed by atoms with Crippen molar-refractivity contribution in [1.82, 2.24) is 5.32 Å². The summed E-state index contributed by atoms with van der Waals surface area (Å²) in [5, 5.41) is 4.49. The second-order valence-corrected chi connectivity index (χ2v) is 5.50. The quantitative estimate of drug-likeness (QED) is 0.892. The second-order valence-electron chi connectivity index (χ2n) is 5.07. The van der Waals surface area contributed by atoms with Gasteiger partial charge in [0, 0.05) is 23.7 Å². The molecular formula is C15H22ClNO. The Balaban J connectivity index is 1.92. The predicted molar refractivity (Wildman–Crippen MR) is 76.1 cm³/mol. The zero-order valence-corrected chi connectivity index (χ0v) is 11.9. The minimum absolute atomic E-state index is 0.337. The van der Waals surface area contributed by atoms with Gasteiger partial charge in [-0.05, 0) is 43.9 Å². The maximum atomic E-state index is 6.03. The van der Waals surface area contributed by atoms with Crippen LogP contribution in [0.15, 0.2) is 24.3 Å². The summed E-state index contributed by atoms with van der Waals surface area (Å²) in [6.07, 6.45) is 3.73. The van der Waals surface area contributed by atoms with Gasteiger partial charge in [-0.15, -0.1) is 0 Å². The number of hydrogen-bond acceptors (Lipinski definition) is 2. The molecule has 0 radical (unpaired) electrons. The van der Waals surface area contributed by atoms with Gasteiger partial charge in [0.1, 0.15) is 0 Å². The van der Waals surface area contributed by atoms with E-state index in [-0.39, 0.29) is 0 Å². The monoisotopic (exact) mass is 267 g/mol. The van der Waals surface area contributed by atoms with Crippen LogP contribution in [-0.2, 0) is 4.74 Å². The smallest absolute Gasteiger partial charge is 0.0587 e. The first kappa shape index (κ1) is 13.9. The minimum atomic E-state index is 0.337. The molecule has 0 spiro atoms. The standard InChI is InChI=1S/C15H22ClNO/c1-3-15-10-14(7-8-18-15)17-11(2)12-5-4-6-13(16)9-12/h4-6,9,11,14-15,17H,3,7-8,10H2,1-2H3/t11-,14?,15?/m0/s1. The Morgan fingerprint density at radius 3 is 3.06 bits per heavy atom. The van der Waals surface area contributed by atoms with E-state index in [1.54, 1.807) is 0 Å². The van der Waals surface area contributed by atoms with Gasteiger partial charge in [-0.2, -0.15) is 0 Å². The van der Waals surface area contributed by atoms with Crippen LogP contribution < -0.4 is 5.32 Å². The molecule has 2 rings (SSSR count). The fourth-order valence-electron chi connectivity index (χ4n) is 2.54. The molecule has 3 heteroatoms. The molecule has 100 valence electrons. The van der Waals surface area contributed by atoms with E-state index in [4.69, 9.17) is 16.3 Å². The second kappa shape index (κ2) is 6.55. The van der Waals surface area contributed by atoms with Gasteiger partial charge in [0.2, 0.25) is 0 Å². The van der Waals surface area contributed by atoms with E-state index < -0.39 is 0 Å². The van der Waals surface area contributed by atoms with Crippen molar-refractivity contribution >= 4 is 11.6 Å². The minimum Gasteiger partial charge on any atom is -0.378 e. The Bertz CT molecular complexity index is 383. The lowest BCUT2D eigenvalue weighted by Gasteiger charge is -2.32. The Labute approximate surface area is 115 Å². The normalized spacial score (nSPS) is 25.9. The van der Waals surface area contributed by atoms with E-state index in [9.17, 15) is 0 Å². The van der Waals surface area contributed by atoms with Crippen molar-refractivity contribution in [3.05, 3.63) is 34.9 Å². The molecule has 18 heavy (non-hydrogen) atoms. The SMILES string of the molecule is CCC1CC(N[C@@H](C)c2cccc(Cl)c2)CCO1. The van der Waals surface area contributed by atoms with Gasteiger partial charge in [-0.1, -0.05) is 30.7 Å². The number of hydrogen-bond donors (Lipinski definition) is 1. The van der Waals surface area contributed by atoms with E-state index in [1.807, 2.05) is 18.2 Å². The molecule has 2 unspecified atom stereocenters. The summed E-state index contributed by atoms with van der Waals surface area (Å²) < 4.78 is 5.70. The van der Waals surface area contributed by atoms with Crippen molar-refractivity contribution in [1.29, 1.82) is 0 Å². The number of halogens is 1. The molecule has 1 aromatic carbocycles. The first-order valence-corrected chi connectivity index (χ1v) is 7.20. The van der Waals surface area contributed by atoms with Crippen LogP contribution in [0, 0.1) is 0 Å². The van der Waals surface area contributed by atoms with Gasteiger partial charge in [-0.25, -0.2) is 0 Å². The van der Waals surface area contributed by atoms with Crippen molar-refractivity contribution in [3.8, 4) is 0 Å². The van der Waals surface area contributed by atoms with Crippen LogP contribution in [0.2, 0.25) is 5.02 Å². The van der Waals surface area contributed by atoms with Gasteiger partial charge in [-0.3, -0.25) is 0 Å². The van der Waals surface area contributed by atoms with Crippen LogP contribution in [0.1, 0.15) is 44.7 Å². The van der Waals surface area contributed by atoms with Crippen LogP contribution in [0.25, 0.3) is 0 Å². The lowest BCUT2D eigenvalue weighted by molar-refractivity contribution is -0.00165. The molecule has 0 bridgehead atoms. The van der Waals surface area contributed by atoms with Crippen LogP contribution in [-0.4, -0.2) is 18.8 Å². The van der Waals surface area contributed by atoms with Gasteiger partial charge in [0.15, 0.2) is 0 Å². The lowest BCUT2D eigenvalue weighted by Crippen LogP contribution is -2.39. The van der Waals surface area contributed by atoms with E-state index in [2.05, 4.69) is 25.2 Å². The number of rotatable bonds is 4. The van der Waals surface area contributed by atoms with Crippen LogP contribution in [0.5, 0.6) is 0 Å². The molecule has 3 atom stereocenters. The maximum absolute atomic E-state index is 6.03. The third-order valence-corrected chi connectivity index (χ3v) is 3.89. The maximum Gasteiger partial charge on any atom is 0.0587 e. The molecular weight excluding hydrogens is 246 g/mol. The highest BCUT2D eigenvalue weighted by molar-refractivity contribution is 6.30. The summed E-state index contributed by atoms with van der Waals surface area (Å²) in [6.45, 7) is 5.26. The highest BCUT2D eigenvalue weighted by Crippen LogP contribution is 2.22. The molecule has 1 aliphatic heterocycles. The fraction of sp³-hybridized carbons (Fsp3) is 0.600. The van der Waals surface area contributed by atoms with E-state index >= 15 is 0 Å². The average molecular weight is 268 g/mol. The Kier molecular flexibility index (Phi) is 5.04. The summed E-state index contributed by atoms with van der Waals surface area (Å²) in [6, 6.07) is 8.98. The third-order valence-electron chi connectivity index (χ3n) is 3.66. The highest BCUT2D eigenvalue weighted by Gasteiger charge is 2.22. The van der Waals surface area contributed by atoms with Crippen molar-refractivity contribution in [2.24, 2.45) is 0 Å². The van der Waals surface area contributed by atoms with Crippen molar-refractivity contribution in [2.75, 3.05) is 6.61 Å². The van der Waals surface area contributed by atoms with Crippen LogP contribution in [0.4, 0.5) is 0 Å². The molecule has 1 heterocycles. The lowest BCUT2D eigenvalue weighted by atomic mass is 9.99. The zero-order valence-electron chi connectivity index (χ0n) is 11.2. The molecule has 0 aromatic heterocycles. The van der Waals surface area contributed by atoms with Crippen molar-refractivity contribution in [3.63, 3.8) is 0 Å². The first-order valence-electron chi connectivity index (χ1n) is 6.82. The number of ether oxygens (including phenoxy) is 1. The molecule has 0 amide bonds. The summed E-state index contributed by atoms with van der Waals surface area (Å²) in [4.78, 5) is 0. The van der Waals surface area contributed by atoms with E-state index in [1.165, 1.54) is 5.56 Å². The number of benzene rings is 1. The molecule has 1 N–H and O–H groups in total. The highest BCUT2D eigenvalue weighted by atomic mass is 35.5. The van der Waals surface area contributed by atoms with Crippen molar-refractivity contribution in [2.45, 2.75) is 51.3 Å². The van der Waals surface area contributed by atoms with Gasteiger partial charge >= 0.3 is 0 Å². The van der Waals surface area contributed by atoms with Crippen LogP contribution >= 0.6 is 11.6 Å². The topological polar surface area (TPSA) is 21.3 Å². The summed E-state index contributed by atoms with van der Waals surface area (Å²) in [7, 11) is 0. The Hall–Kier alpha value is -0.570. The molecule has 0 aliphatic carbocycles. The number of nitrogens with one attached hydrogen (secondary N) is 1. The molecule has 0 saturated carbocycles. The van der Waals surface area contributed by atoms with Gasteiger partial charge < -0.3 is 10.1 Å². The molecule has 1 fully saturated rings. The molecule has 1 saturated heterocycles. The molecule has 2 nitrogen and oxygen atoms in total. The summed E-state index contributed by atoms with van der Waals surface area (Å²) in [5.41, 5.74) is 1.25. The summed E-state index contributed by atoms with van der Waals surface area (Å²) in [5.74, 6) is 0. The Morgan fingerprint density at radius 2 is 2.33 bits per heavy atom. The first-order chi connectivity index (χ1) is 8.69. The van der Waals surface area contributed by atoms with Crippen LogP contribution in [0.3, 0.4) is 0 Å². The van der Waals surface area contributed by atoms with E-state index in [0.29, 0.717) is 18.2 Å². The average Bonchev–Trinajstić information content (AvgIpc) is 2.39. The zero-order chi connectivity index (χ0) is 13.0. The molecule has 1 aliphatic rings. The molecule has 1 aromatic rings. The predicted octanol–water partition coefficient (Wildman–Crippen LogP) is 3.95. The fourth-order valence-corrected chi connectivity index (χ4v) is 2.74. The van der Waals surface area contributed by atoms with E-state index in [0.717, 1.165) is 30.9 Å². The van der Waals surface area contributed by atoms with Gasteiger partial charge in [0.25, 0.3) is 0 Å². The Morgan fingerprint density at radius 1 is 1.50 bits per heavy atom. The van der Waals surface area contributed by atoms with Crippen molar-refractivity contribution < 1.29 is 4.74 Å². The van der Waals surface area contributed by atoms with Gasteiger partial charge in [0.05, 0.1) is 6.10 Å². The summed E-state index contributed by atoms with van der Waals surface area (Å²) >= 11 is 6.03.